The predicted octanol–water partition coefficient (Wildman–Crippen LogP) is 2.31. The number of hydrazone groups is 1. The van der Waals surface area contributed by atoms with Gasteiger partial charge in [-0.1, -0.05) is 0 Å². The molecule has 2 N–H and O–H groups in total. The first-order valence-corrected chi connectivity index (χ1v) is 9.27. The normalized spacial score (nSPS) is 11.1. The zero-order valence-electron chi connectivity index (χ0n) is 16.0. The monoisotopic (exact) mass is 400 g/mol. The Bertz CT molecular complexity index is 1120. The van der Waals surface area contributed by atoms with Gasteiger partial charge in [-0.2, -0.15) is 5.10 Å². The average molecular weight is 400 g/mol. The number of aryl methyl sites for hydroxylation is 2. The van der Waals surface area contributed by atoms with Crippen molar-refractivity contribution in [2.75, 3.05) is 14.2 Å². The van der Waals surface area contributed by atoms with E-state index in [0.29, 0.717) is 33.1 Å². The predicted molar refractivity (Wildman–Crippen MR) is 109 cm³/mol. The number of ether oxygens (including phenoxy) is 2. The largest absolute Gasteiger partial charge is 0.497 e. The molecule has 0 aliphatic heterocycles. The van der Waals surface area contributed by atoms with Crippen molar-refractivity contribution in [1.82, 2.24) is 15.4 Å². The molecule has 3 rings (SSSR count). The first-order valence-electron chi connectivity index (χ1n) is 8.45. The number of aromatic amines is 1. The van der Waals surface area contributed by atoms with Crippen LogP contribution in [0.4, 0.5) is 0 Å². The van der Waals surface area contributed by atoms with Crippen LogP contribution in [-0.2, 0) is 11.2 Å². The maximum atomic E-state index is 12.3. The molecule has 0 unspecified atom stereocenters. The fourth-order valence-electron chi connectivity index (χ4n) is 2.67. The van der Waals surface area contributed by atoms with Gasteiger partial charge in [0.15, 0.2) is 0 Å². The second kappa shape index (κ2) is 8.22. The number of carbonyl (C=O) groups excluding carboxylic acids is 1. The van der Waals surface area contributed by atoms with Crippen molar-refractivity contribution in [3.8, 4) is 11.5 Å². The van der Waals surface area contributed by atoms with Crippen LogP contribution in [0.2, 0.25) is 0 Å². The van der Waals surface area contributed by atoms with Gasteiger partial charge < -0.3 is 14.5 Å². The summed E-state index contributed by atoms with van der Waals surface area (Å²) in [7, 11) is 3.11. The van der Waals surface area contributed by atoms with Gasteiger partial charge in [-0.3, -0.25) is 9.59 Å². The van der Waals surface area contributed by atoms with Gasteiger partial charge in [0.1, 0.15) is 22.2 Å². The number of fused-ring (bicyclic) bond motifs is 1. The van der Waals surface area contributed by atoms with Crippen LogP contribution in [0.5, 0.6) is 11.5 Å². The van der Waals surface area contributed by atoms with Gasteiger partial charge in [0, 0.05) is 16.5 Å². The Morgan fingerprint density at radius 1 is 1.32 bits per heavy atom. The fraction of sp³-hybridized carbons (Fsp3) is 0.263. The van der Waals surface area contributed by atoms with Crippen molar-refractivity contribution in [2.45, 2.75) is 20.3 Å². The van der Waals surface area contributed by atoms with Crippen LogP contribution in [0.25, 0.3) is 10.2 Å². The number of methoxy groups -OCH3 is 2. The summed E-state index contributed by atoms with van der Waals surface area (Å²) in [6.45, 7) is 3.83. The number of nitrogens with one attached hydrogen (secondary N) is 2. The Balaban J connectivity index is 1.70. The van der Waals surface area contributed by atoms with E-state index in [9.17, 15) is 9.59 Å². The Morgan fingerprint density at radius 2 is 2.11 bits per heavy atom. The molecule has 3 aromatic rings. The fourth-order valence-corrected chi connectivity index (χ4v) is 3.72. The first-order chi connectivity index (χ1) is 13.4. The highest BCUT2D eigenvalue weighted by Gasteiger charge is 2.13. The van der Waals surface area contributed by atoms with Crippen LogP contribution in [0.3, 0.4) is 0 Å². The van der Waals surface area contributed by atoms with Crippen LogP contribution in [-0.4, -0.2) is 36.3 Å². The van der Waals surface area contributed by atoms with E-state index in [1.165, 1.54) is 24.7 Å². The average Bonchev–Trinajstić information content (AvgIpc) is 2.96. The molecule has 0 saturated heterocycles. The van der Waals surface area contributed by atoms with Crippen LogP contribution in [0.1, 0.15) is 21.8 Å². The maximum Gasteiger partial charge on any atom is 0.259 e. The molecular formula is C19H20N4O4S. The quantitative estimate of drug-likeness (QED) is 0.488. The summed E-state index contributed by atoms with van der Waals surface area (Å²) in [5.41, 5.74) is 3.79. The Morgan fingerprint density at radius 3 is 2.82 bits per heavy atom. The van der Waals surface area contributed by atoms with Crippen molar-refractivity contribution in [3.05, 3.63) is 50.4 Å². The van der Waals surface area contributed by atoms with E-state index >= 15 is 0 Å². The molecule has 9 heteroatoms. The molecule has 28 heavy (non-hydrogen) atoms. The number of benzene rings is 1. The van der Waals surface area contributed by atoms with Crippen molar-refractivity contribution in [1.29, 1.82) is 0 Å². The summed E-state index contributed by atoms with van der Waals surface area (Å²) in [6.07, 6.45) is 1.39. The van der Waals surface area contributed by atoms with E-state index in [1.807, 2.05) is 13.8 Å². The molecule has 1 amide bonds. The Hall–Kier alpha value is -3.20. The number of H-pyrrole nitrogens is 1. The smallest absolute Gasteiger partial charge is 0.259 e. The van der Waals surface area contributed by atoms with Crippen LogP contribution >= 0.6 is 11.3 Å². The first kappa shape index (κ1) is 19.6. The molecule has 1 aromatic carbocycles. The third-order valence-corrected chi connectivity index (χ3v) is 5.35. The summed E-state index contributed by atoms with van der Waals surface area (Å²) in [5.74, 6) is 1.13. The van der Waals surface area contributed by atoms with Gasteiger partial charge in [0.05, 0.1) is 32.2 Å². The van der Waals surface area contributed by atoms with E-state index in [-0.39, 0.29) is 12.0 Å². The highest BCUT2D eigenvalue weighted by molar-refractivity contribution is 7.18. The Labute approximate surface area is 165 Å². The number of amides is 1. The molecule has 0 aliphatic rings. The second-order valence-corrected chi connectivity index (χ2v) is 7.26. The lowest BCUT2D eigenvalue weighted by Crippen LogP contribution is -2.23. The van der Waals surface area contributed by atoms with Gasteiger partial charge >= 0.3 is 0 Å². The third kappa shape index (κ3) is 4.04. The molecule has 8 nitrogen and oxygen atoms in total. The van der Waals surface area contributed by atoms with E-state index < -0.39 is 5.91 Å². The molecule has 0 aliphatic carbocycles. The van der Waals surface area contributed by atoms with Gasteiger partial charge in [0.2, 0.25) is 5.91 Å². The second-order valence-electron chi connectivity index (χ2n) is 6.05. The molecule has 0 bridgehead atoms. The minimum atomic E-state index is -0.392. The summed E-state index contributed by atoms with van der Waals surface area (Å²) in [6, 6.07) is 5.25. The van der Waals surface area contributed by atoms with E-state index in [1.54, 1.807) is 25.3 Å². The lowest BCUT2D eigenvalue weighted by molar-refractivity contribution is -0.120. The van der Waals surface area contributed by atoms with Gasteiger partial charge in [-0.25, -0.2) is 10.4 Å². The van der Waals surface area contributed by atoms with E-state index in [0.717, 1.165) is 10.4 Å². The van der Waals surface area contributed by atoms with E-state index in [4.69, 9.17) is 9.47 Å². The molecule has 146 valence electrons. The van der Waals surface area contributed by atoms with Crippen molar-refractivity contribution in [2.24, 2.45) is 5.10 Å². The summed E-state index contributed by atoms with van der Waals surface area (Å²) in [4.78, 5) is 33.1. The molecular weight excluding hydrogens is 380 g/mol. The van der Waals surface area contributed by atoms with Crippen molar-refractivity contribution in [3.63, 3.8) is 0 Å². The minimum Gasteiger partial charge on any atom is -0.497 e. The zero-order valence-corrected chi connectivity index (χ0v) is 16.8. The SMILES string of the molecule is COc1ccc(/C=N/NC(=O)Cc2nc3sc(C)c(C)c3c(=O)[nH]2)c(OC)c1. The molecule has 0 radical (unpaired) electrons. The number of carbonyl (C=O) groups is 1. The standard InChI is InChI=1S/C19H20N4O4S/c1-10-11(2)28-19-17(10)18(25)21-15(22-19)8-16(24)23-20-9-12-5-6-13(26-3)7-14(12)27-4/h5-7,9H,8H2,1-4H3,(H,23,24)(H,21,22,25)/b20-9+. The van der Waals surface area contributed by atoms with Gasteiger partial charge in [-0.15, -0.1) is 11.3 Å². The molecule has 0 saturated carbocycles. The highest BCUT2D eigenvalue weighted by Crippen LogP contribution is 2.25. The Kier molecular flexibility index (Phi) is 5.74. The van der Waals surface area contributed by atoms with Gasteiger partial charge in [0.25, 0.3) is 5.56 Å². The summed E-state index contributed by atoms with van der Waals surface area (Å²) < 4.78 is 10.4. The molecule has 0 atom stereocenters. The molecule has 2 aromatic heterocycles. The van der Waals surface area contributed by atoms with E-state index in [2.05, 4.69) is 20.5 Å². The minimum absolute atomic E-state index is 0.0851. The summed E-state index contributed by atoms with van der Waals surface area (Å²) >= 11 is 1.44. The van der Waals surface area contributed by atoms with Gasteiger partial charge in [-0.05, 0) is 31.5 Å². The lowest BCUT2D eigenvalue weighted by atomic mass is 10.2. The third-order valence-electron chi connectivity index (χ3n) is 4.25. The lowest BCUT2D eigenvalue weighted by Gasteiger charge is -2.06. The number of hydrogen-bond donors (Lipinski definition) is 2. The molecule has 0 fully saturated rings. The topological polar surface area (TPSA) is 106 Å². The number of nitrogens with zero attached hydrogens (tertiary/aromatic N) is 2. The number of aromatic nitrogens is 2. The van der Waals surface area contributed by atoms with Crippen LogP contribution < -0.4 is 20.5 Å². The van der Waals surface area contributed by atoms with Crippen LogP contribution in [0, 0.1) is 13.8 Å². The van der Waals surface area contributed by atoms with Crippen LogP contribution in [0.15, 0.2) is 28.1 Å². The number of hydrogen-bond acceptors (Lipinski definition) is 7. The molecule has 0 spiro atoms. The van der Waals surface area contributed by atoms with Crippen molar-refractivity contribution >= 4 is 33.7 Å². The van der Waals surface area contributed by atoms with Crippen molar-refractivity contribution < 1.29 is 14.3 Å². The molecule has 2 heterocycles. The maximum absolute atomic E-state index is 12.3. The number of rotatable bonds is 6. The zero-order chi connectivity index (χ0) is 20.3. The highest BCUT2D eigenvalue weighted by atomic mass is 32.1. The summed E-state index contributed by atoms with van der Waals surface area (Å²) in [5, 5.41) is 4.52. The number of thiophene rings is 1.